The lowest BCUT2D eigenvalue weighted by Gasteiger charge is -2.37. The number of hydrogen-bond donors (Lipinski definition) is 1. The predicted molar refractivity (Wildman–Crippen MR) is 112 cm³/mol. The molecule has 0 bridgehead atoms. The first-order valence-corrected chi connectivity index (χ1v) is 10.9. The van der Waals surface area contributed by atoms with E-state index in [1.54, 1.807) is 0 Å². The van der Waals surface area contributed by atoms with Gasteiger partial charge >= 0.3 is 0 Å². The summed E-state index contributed by atoms with van der Waals surface area (Å²) in [6, 6.07) is 8.28. The van der Waals surface area contributed by atoms with Gasteiger partial charge in [-0.3, -0.25) is 9.79 Å². The molecule has 0 saturated carbocycles. The van der Waals surface area contributed by atoms with Crippen LogP contribution in [0.25, 0.3) is 0 Å². The van der Waals surface area contributed by atoms with Crippen molar-refractivity contribution >= 4 is 11.9 Å². The van der Waals surface area contributed by atoms with E-state index in [-0.39, 0.29) is 12.0 Å². The first-order valence-electron chi connectivity index (χ1n) is 10.9. The van der Waals surface area contributed by atoms with Crippen molar-refractivity contribution in [3.8, 4) is 5.75 Å². The molecular formula is C22H32N4O3. The van der Waals surface area contributed by atoms with Gasteiger partial charge in [0.2, 0.25) is 0 Å². The van der Waals surface area contributed by atoms with Crippen molar-refractivity contribution in [2.24, 2.45) is 4.99 Å². The number of aliphatic imine (C=N–C) groups is 1. The van der Waals surface area contributed by atoms with Crippen LogP contribution < -0.4 is 10.1 Å². The molecule has 2 saturated heterocycles. The fourth-order valence-corrected chi connectivity index (χ4v) is 4.34. The Bertz CT molecular complexity index is 725. The van der Waals surface area contributed by atoms with E-state index >= 15 is 0 Å². The number of rotatable bonds is 4. The summed E-state index contributed by atoms with van der Waals surface area (Å²) in [5.74, 6) is 2.48. The number of hydrogen-bond acceptors (Lipinski definition) is 4. The van der Waals surface area contributed by atoms with Gasteiger partial charge in [0.05, 0.1) is 6.61 Å². The number of carbonyl (C=O) groups is 1. The Balaban J connectivity index is 1.36. The lowest BCUT2D eigenvalue weighted by molar-refractivity contribution is -0.142. The molecule has 3 aliphatic heterocycles. The van der Waals surface area contributed by atoms with Crippen LogP contribution in [0.1, 0.15) is 37.7 Å². The van der Waals surface area contributed by atoms with Gasteiger partial charge in [0, 0.05) is 51.8 Å². The quantitative estimate of drug-likeness (QED) is 0.617. The van der Waals surface area contributed by atoms with Crippen LogP contribution in [0.2, 0.25) is 0 Å². The second kappa shape index (κ2) is 9.48. The molecule has 7 nitrogen and oxygen atoms in total. The van der Waals surface area contributed by atoms with Crippen molar-refractivity contribution < 1.29 is 14.3 Å². The van der Waals surface area contributed by atoms with Crippen LogP contribution >= 0.6 is 0 Å². The second-order valence-corrected chi connectivity index (χ2v) is 7.88. The number of ether oxygens (including phenoxy) is 2. The average molecular weight is 401 g/mol. The number of nitrogens with zero attached hydrogens (tertiary/aromatic N) is 3. The Morgan fingerprint density at radius 1 is 1.14 bits per heavy atom. The molecule has 3 aliphatic rings. The number of fused-ring (bicyclic) bond motifs is 1. The van der Waals surface area contributed by atoms with E-state index in [2.05, 4.69) is 29.3 Å². The van der Waals surface area contributed by atoms with Gasteiger partial charge < -0.3 is 24.6 Å². The molecule has 158 valence electrons. The molecule has 29 heavy (non-hydrogen) atoms. The van der Waals surface area contributed by atoms with Gasteiger partial charge in [0.15, 0.2) is 5.96 Å². The molecule has 0 aromatic heterocycles. The maximum absolute atomic E-state index is 12.6. The molecule has 1 aromatic carbocycles. The molecule has 1 N–H and O–H groups in total. The smallest absolute Gasteiger partial charge is 0.251 e. The highest BCUT2D eigenvalue weighted by Gasteiger charge is 2.31. The summed E-state index contributed by atoms with van der Waals surface area (Å²) >= 11 is 0. The van der Waals surface area contributed by atoms with Crippen molar-refractivity contribution in [3.05, 3.63) is 29.8 Å². The Hall–Kier alpha value is -2.28. The van der Waals surface area contributed by atoms with Gasteiger partial charge in [-0.2, -0.15) is 0 Å². The number of carbonyl (C=O) groups excluding carboxylic acids is 1. The number of nitrogens with one attached hydrogen (secondary N) is 1. The van der Waals surface area contributed by atoms with Crippen LogP contribution in [0.15, 0.2) is 29.3 Å². The fourth-order valence-electron chi connectivity index (χ4n) is 4.34. The summed E-state index contributed by atoms with van der Waals surface area (Å²) in [6.07, 6.45) is 2.61. The first kappa shape index (κ1) is 20.0. The maximum Gasteiger partial charge on any atom is 0.251 e. The van der Waals surface area contributed by atoms with Crippen molar-refractivity contribution in [3.63, 3.8) is 0 Å². The van der Waals surface area contributed by atoms with E-state index in [0.29, 0.717) is 12.5 Å². The van der Waals surface area contributed by atoms with Gasteiger partial charge in [-0.25, -0.2) is 0 Å². The predicted octanol–water partition coefficient (Wildman–Crippen LogP) is 1.84. The largest absolute Gasteiger partial charge is 0.493 e. The normalized spacial score (nSPS) is 24.8. The standard InChI is InChI=1S/C22H32N4O3/c1-2-23-22(24-16-17-9-15-29-19-7-4-3-6-18(17)19)26-12-10-25(11-13-26)21(27)20-8-5-14-28-20/h3-4,6-7,17,20H,2,5,8-16H2,1H3,(H,23,24). The van der Waals surface area contributed by atoms with Gasteiger partial charge in [-0.05, 0) is 37.8 Å². The Morgan fingerprint density at radius 2 is 1.93 bits per heavy atom. The third-order valence-corrected chi connectivity index (χ3v) is 5.98. The van der Waals surface area contributed by atoms with Gasteiger partial charge in [-0.1, -0.05) is 18.2 Å². The minimum Gasteiger partial charge on any atom is -0.493 e. The van der Waals surface area contributed by atoms with E-state index in [1.807, 2.05) is 17.0 Å². The molecule has 0 spiro atoms. The zero-order valence-electron chi connectivity index (χ0n) is 17.3. The van der Waals surface area contributed by atoms with Crippen LogP contribution in [-0.2, 0) is 9.53 Å². The summed E-state index contributed by atoms with van der Waals surface area (Å²) in [5.41, 5.74) is 1.25. The van der Waals surface area contributed by atoms with E-state index < -0.39 is 0 Å². The highest BCUT2D eigenvalue weighted by atomic mass is 16.5. The second-order valence-electron chi connectivity index (χ2n) is 7.88. The van der Waals surface area contributed by atoms with Gasteiger partial charge in [0.25, 0.3) is 5.91 Å². The fraction of sp³-hybridized carbons (Fsp3) is 0.636. The van der Waals surface area contributed by atoms with Crippen molar-refractivity contribution in [2.45, 2.75) is 38.2 Å². The summed E-state index contributed by atoms with van der Waals surface area (Å²) < 4.78 is 11.3. The van der Waals surface area contributed by atoms with Crippen LogP contribution in [0.4, 0.5) is 0 Å². The highest BCUT2D eigenvalue weighted by molar-refractivity contribution is 5.83. The number of guanidine groups is 1. The molecule has 2 unspecified atom stereocenters. The number of para-hydroxylation sites is 1. The molecule has 2 fully saturated rings. The summed E-state index contributed by atoms with van der Waals surface area (Å²) in [5, 5.41) is 3.43. The zero-order valence-corrected chi connectivity index (χ0v) is 17.3. The van der Waals surface area contributed by atoms with Crippen molar-refractivity contribution in [1.82, 2.24) is 15.1 Å². The molecular weight excluding hydrogens is 368 g/mol. The molecule has 1 aromatic rings. The lowest BCUT2D eigenvalue weighted by Crippen LogP contribution is -2.55. The van der Waals surface area contributed by atoms with Gasteiger partial charge in [-0.15, -0.1) is 0 Å². The Morgan fingerprint density at radius 3 is 2.69 bits per heavy atom. The van der Waals surface area contributed by atoms with E-state index in [4.69, 9.17) is 14.5 Å². The minimum atomic E-state index is -0.225. The maximum atomic E-state index is 12.6. The van der Waals surface area contributed by atoms with Gasteiger partial charge in [0.1, 0.15) is 11.9 Å². The average Bonchev–Trinajstić information content (AvgIpc) is 3.31. The zero-order chi connectivity index (χ0) is 20.1. The number of amides is 1. The molecule has 4 rings (SSSR count). The number of benzene rings is 1. The number of piperazine rings is 1. The molecule has 7 heteroatoms. The SMILES string of the molecule is CCNC(=NCC1CCOc2ccccc21)N1CCN(C(=O)C2CCCO2)CC1. The highest BCUT2D eigenvalue weighted by Crippen LogP contribution is 2.33. The van der Waals surface area contributed by atoms with E-state index in [0.717, 1.165) is 76.8 Å². The summed E-state index contributed by atoms with van der Waals surface area (Å²) in [6.45, 7) is 8.18. The van der Waals surface area contributed by atoms with Crippen molar-refractivity contribution in [1.29, 1.82) is 0 Å². The van der Waals surface area contributed by atoms with Crippen LogP contribution in [-0.4, -0.2) is 80.3 Å². The van der Waals surface area contributed by atoms with Crippen LogP contribution in [0.3, 0.4) is 0 Å². The van der Waals surface area contributed by atoms with E-state index in [1.165, 1.54) is 5.56 Å². The molecule has 0 aliphatic carbocycles. The first-order chi connectivity index (χ1) is 14.3. The lowest BCUT2D eigenvalue weighted by atomic mass is 9.93. The third kappa shape index (κ3) is 4.66. The topological polar surface area (TPSA) is 66.4 Å². The third-order valence-electron chi connectivity index (χ3n) is 5.98. The monoisotopic (exact) mass is 400 g/mol. The summed E-state index contributed by atoms with van der Waals surface area (Å²) in [7, 11) is 0. The molecule has 2 atom stereocenters. The van der Waals surface area contributed by atoms with Crippen LogP contribution in [0, 0.1) is 0 Å². The Kier molecular flexibility index (Phi) is 6.54. The van der Waals surface area contributed by atoms with Crippen molar-refractivity contribution in [2.75, 3.05) is 52.5 Å². The molecule has 1 amide bonds. The van der Waals surface area contributed by atoms with E-state index in [9.17, 15) is 4.79 Å². The van der Waals surface area contributed by atoms with Crippen LogP contribution in [0.5, 0.6) is 5.75 Å². The summed E-state index contributed by atoms with van der Waals surface area (Å²) in [4.78, 5) is 21.8. The molecule has 3 heterocycles. The minimum absolute atomic E-state index is 0.155. The Labute approximate surface area is 173 Å². The molecule has 0 radical (unpaired) electrons.